The molecule has 0 unspecified atom stereocenters. The monoisotopic (exact) mass is 257 g/mol. The number of hydrogen-bond acceptors (Lipinski definition) is 3. The van der Waals surface area contributed by atoms with Crippen molar-refractivity contribution in [3.63, 3.8) is 0 Å². The van der Waals surface area contributed by atoms with E-state index in [1.165, 1.54) is 0 Å². The smallest absolute Gasteiger partial charge is 0.238 e. The van der Waals surface area contributed by atoms with Gasteiger partial charge < -0.3 is 4.74 Å². The summed E-state index contributed by atoms with van der Waals surface area (Å²) < 4.78 is 28.5. The van der Waals surface area contributed by atoms with Gasteiger partial charge >= 0.3 is 0 Å². The molecule has 0 saturated carbocycles. The Kier molecular flexibility index (Phi) is 4.16. The lowest BCUT2D eigenvalue weighted by atomic mass is 10.1. The average Bonchev–Trinajstić information content (AvgIpc) is 2.22. The molecule has 0 aliphatic heterocycles. The molecule has 0 aliphatic carbocycles. The highest BCUT2D eigenvalue weighted by atomic mass is 32.2. The van der Waals surface area contributed by atoms with Crippen LogP contribution in [0.15, 0.2) is 11.0 Å². The number of primary sulfonamides is 1. The van der Waals surface area contributed by atoms with Crippen molar-refractivity contribution < 1.29 is 13.2 Å². The van der Waals surface area contributed by atoms with Crippen LogP contribution in [0.4, 0.5) is 0 Å². The molecule has 0 aliphatic rings. The molecule has 0 saturated heterocycles. The molecule has 0 atom stereocenters. The van der Waals surface area contributed by atoms with Gasteiger partial charge in [-0.25, -0.2) is 13.6 Å². The van der Waals surface area contributed by atoms with E-state index in [1.54, 1.807) is 13.0 Å². The number of hydrogen-bond donors (Lipinski definition) is 1. The maximum Gasteiger partial charge on any atom is 0.238 e. The van der Waals surface area contributed by atoms with E-state index in [2.05, 4.69) is 0 Å². The largest absolute Gasteiger partial charge is 0.493 e. The van der Waals surface area contributed by atoms with Crippen LogP contribution in [0.3, 0.4) is 0 Å². The van der Waals surface area contributed by atoms with Crippen LogP contribution in [0.1, 0.15) is 30.0 Å². The fourth-order valence-electron chi connectivity index (χ4n) is 1.74. The number of nitrogens with two attached hydrogens (primary N) is 1. The van der Waals surface area contributed by atoms with E-state index in [1.807, 2.05) is 20.8 Å². The number of aryl methyl sites for hydroxylation is 1. The fraction of sp³-hybridized carbons (Fsp3) is 0.500. The van der Waals surface area contributed by atoms with Crippen molar-refractivity contribution in [1.29, 1.82) is 0 Å². The summed E-state index contributed by atoms with van der Waals surface area (Å²) in [6, 6.07) is 1.57. The van der Waals surface area contributed by atoms with Crippen LogP contribution in [0.5, 0.6) is 5.75 Å². The molecule has 1 aromatic rings. The normalized spacial score (nSPS) is 11.6. The topological polar surface area (TPSA) is 69.4 Å². The lowest BCUT2D eigenvalue weighted by Gasteiger charge is -2.16. The predicted molar refractivity (Wildman–Crippen MR) is 67.8 cm³/mol. The summed E-state index contributed by atoms with van der Waals surface area (Å²) in [6.07, 6.45) is 0.912. The molecular formula is C12H19NO3S. The average molecular weight is 257 g/mol. The van der Waals surface area contributed by atoms with E-state index in [4.69, 9.17) is 9.88 Å². The molecule has 1 rings (SSSR count). The second-order valence-corrected chi connectivity index (χ2v) is 5.69. The highest BCUT2D eigenvalue weighted by Gasteiger charge is 2.17. The van der Waals surface area contributed by atoms with Crippen molar-refractivity contribution in [3.8, 4) is 5.75 Å². The van der Waals surface area contributed by atoms with Gasteiger partial charge in [-0.1, -0.05) is 6.92 Å². The third-order valence-corrected chi connectivity index (χ3v) is 3.77. The Hall–Kier alpha value is -1.07. The van der Waals surface area contributed by atoms with Crippen molar-refractivity contribution in [1.82, 2.24) is 0 Å². The third kappa shape index (κ3) is 2.98. The Morgan fingerprint density at radius 2 is 1.82 bits per heavy atom. The molecule has 0 bridgehead atoms. The van der Waals surface area contributed by atoms with E-state index in [0.717, 1.165) is 23.3 Å². The lowest BCUT2D eigenvalue weighted by Crippen LogP contribution is -2.15. The Morgan fingerprint density at radius 3 is 2.29 bits per heavy atom. The molecule has 1 aromatic carbocycles. The summed E-state index contributed by atoms with van der Waals surface area (Å²) in [5.41, 5.74) is 2.29. The van der Waals surface area contributed by atoms with Gasteiger partial charge in [0.2, 0.25) is 10.0 Å². The third-order valence-electron chi connectivity index (χ3n) is 2.74. The molecular weight excluding hydrogens is 238 g/mol. The lowest BCUT2D eigenvalue weighted by molar-refractivity contribution is 0.312. The molecule has 2 N–H and O–H groups in total. The number of benzene rings is 1. The zero-order chi connectivity index (χ0) is 13.2. The van der Waals surface area contributed by atoms with Crippen LogP contribution in [-0.4, -0.2) is 15.0 Å². The second kappa shape index (κ2) is 5.06. The standard InChI is InChI=1S/C12H19NO3S/c1-5-6-16-12-8(2)7-11(17(13,14)15)9(3)10(12)4/h7H,5-6H2,1-4H3,(H2,13,14,15). The first-order valence-electron chi connectivity index (χ1n) is 5.55. The van der Waals surface area contributed by atoms with Gasteiger partial charge in [-0.15, -0.1) is 0 Å². The molecule has 0 spiro atoms. The Labute approximate surface area is 103 Å². The van der Waals surface area contributed by atoms with Crippen LogP contribution in [0, 0.1) is 20.8 Å². The Balaban J connectivity index is 3.37. The molecule has 0 fully saturated rings. The Bertz CT molecular complexity index is 521. The maximum absolute atomic E-state index is 11.4. The number of rotatable bonds is 4. The summed E-state index contributed by atoms with van der Waals surface area (Å²) >= 11 is 0. The van der Waals surface area contributed by atoms with E-state index in [0.29, 0.717) is 12.2 Å². The van der Waals surface area contributed by atoms with Crippen LogP contribution < -0.4 is 9.88 Å². The molecule has 96 valence electrons. The van der Waals surface area contributed by atoms with Gasteiger partial charge in [0.15, 0.2) is 0 Å². The van der Waals surface area contributed by atoms with Gasteiger partial charge in [0.25, 0.3) is 0 Å². The van der Waals surface area contributed by atoms with Crippen molar-refractivity contribution in [2.24, 2.45) is 5.14 Å². The number of ether oxygens (including phenoxy) is 1. The highest BCUT2D eigenvalue weighted by molar-refractivity contribution is 7.89. The quantitative estimate of drug-likeness (QED) is 0.897. The van der Waals surface area contributed by atoms with E-state index < -0.39 is 10.0 Å². The first-order chi connectivity index (χ1) is 7.79. The molecule has 0 amide bonds. The minimum absolute atomic E-state index is 0.177. The van der Waals surface area contributed by atoms with Crippen molar-refractivity contribution >= 4 is 10.0 Å². The highest BCUT2D eigenvalue weighted by Crippen LogP contribution is 2.30. The van der Waals surface area contributed by atoms with Crippen molar-refractivity contribution in [2.45, 2.75) is 39.0 Å². The van der Waals surface area contributed by atoms with Gasteiger partial charge in [-0.05, 0) is 49.9 Å². The molecule has 0 heterocycles. The van der Waals surface area contributed by atoms with E-state index >= 15 is 0 Å². The van der Waals surface area contributed by atoms with Gasteiger partial charge in [-0.3, -0.25) is 0 Å². The summed E-state index contributed by atoms with van der Waals surface area (Å²) in [5.74, 6) is 0.761. The molecule has 0 radical (unpaired) electrons. The van der Waals surface area contributed by atoms with Crippen LogP contribution in [0.2, 0.25) is 0 Å². The summed E-state index contributed by atoms with van der Waals surface area (Å²) in [7, 11) is -3.67. The zero-order valence-electron chi connectivity index (χ0n) is 10.7. The maximum atomic E-state index is 11.4. The van der Waals surface area contributed by atoms with Crippen LogP contribution >= 0.6 is 0 Å². The van der Waals surface area contributed by atoms with Gasteiger partial charge in [0.05, 0.1) is 11.5 Å². The Morgan fingerprint density at radius 1 is 1.24 bits per heavy atom. The van der Waals surface area contributed by atoms with Crippen LogP contribution in [0.25, 0.3) is 0 Å². The molecule has 4 nitrogen and oxygen atoms in total. The molecule has 5 heteroatoms. The van der Waals surface area contributed by atoms with Crippen molar-refractivity contribution in [2.75, 3.05) is 6.61 Å². The molecule has 17 heavy (non-hydrogen) atoms. The zero-order valence-corrected chi connectivity index (χ0v) is 11.5. The minimum Gasteiger partial charge on any atom is -0.493 e. The van der Waals surface area contributed by atoms with Gasteiger partial charge in [-0.2, -0.15) is 0 Å². The minimum atomic E-state index is -3.67. The van der Waals surface area contributed by atoms with E-state index in [9.17, 15) is 8.42 Å². The predicted octanol–water partition coefficient (Wildman–Crippen LogP) is 2.05. The first-order valence-corrected chi connectivity index (χ1v) is 7.10. The summed E-state index contributed by atoms with van der Waals surface area (Å²) in [6.45, 7) is 8.06. The SMILES string of the molecule is CCCOc1c(C)cc(S(N)(=O)=O)c(C)c1C. The molecule has 0 aromatic heterocycles. The van der Waals surface area contributed by atoms with E-state index in [-0.39, 0.29) is 4.90 Å². The van der Waals surface area contributed by atoms with Crippen molar-refractivity contribution in [3.05, 3.63) is 22.8 Å². The number of sulfonamides is 1. The summed E-state index contributed by atoms with van der Waals surface area (Å²) in [4.78, 5) is 0.177. The summed E-state index contributed by atoms with van der Waals surface area (Å²) in [5, 5.41) is 5.18. The van der Waals surface area contributed by atoms with Gasteiger partial charge in [0, 0.05) is 0 Å². The first kappa shape index (κ1) is 14.0. The van der Waals surface area contributed by atoms with Crippen LogP contribution in [-0.2, 0) is 10.0 Å². The second-order valence-electron chi connectivity index (χ2n) is 4.16. The fourth-order valence-corrected chi connectivity index (χ4v) is 2.66. The van der Waals surface area contributed by atoms with Gasteiger partial charge in [0.1, 0.15) is 5.75 Å².